The Morgan fingerprint density at radius 1 is 1.17 bits per heavy atom. The zero-order valence-corrected chi connectivity index (χ0v) is 17.1. The van der Waals surface area contributed by atoms with Crippen LogP contribution in [0.5, 0.6) is 0 Å². The Morgan fingerprint density at radius 2 is 1.93 bits per heavy atom. The van der Waals surface area contributed by atoms with Crippen LogP contribution in [0.4, 0.5) is 0 Å². The van der Waals surface area contributed by atoms with Gasteiger partial charge in [0.1, 0.15) is 5.58 Å². The van der Waals surface area contributed by atoms with Gasteiger partial charge in [-0.05, 0) is 43.4 Å². The van der Waals surface area contributed by atoms with Crippen molar-refractivity contribution in [2.45, 2.75) is 44.9 Å². The largest absolute Gasteiger partial charge is 0.449 e. The molecule has 0 unspecified atom stereocenters. The maximum absolute atomic E-state index is 12.8. The lowest BCUT2D eigenvalue weighted by atomic mass is 9.87. The molecule has 0 saturated carbocycles. The second-order valence-corrected chi connectivity index (χ2v) is 7.54. The summed E-state index contributed by atoms with van der Waals surface area (Å²) in [6, 6.07) is 15.4. The first kappa shape index (κ1) is 20.2. The van der Waals surface area contributed by atoms with Gasteiger partial charge in [0.25, 0.3) is 5.91 Å². The van der Waals surface area contributed by atoms with Crippen molar-refractivity contribution in [3.63, 3.8) is 0 Å². The predicted octanol–water partition coefficient (Wildman–Crippen LogP) is 4.32. The zero-order chi connectivity index (χ0) is 21.1. The topological polar surface area (TPSA) is 77.8 Å². The van der Waals surface area contributed by atoms with Crippen LogP contribution in [0, 0.1) is 0 Å². The van der Waals surface area contributed by atoms with Crippen molar-refractivity contribution >= 4 is 22.8 Å². The van der Waals surface area contributed by atoms with E-state index in [0.717, 1.165) is 30.2 Å². The Labute approximate surface area is 175 Å². The minimum absolute atomic E-state index is 0.0701. The molecule has 6 heteroatoms. The van der Waals surface area contributed by atoms with Crippen molar-refractivity contribution in [2.75, 3.05) is 7.11 Å². The molecular weight excluding hydrogens is 382 g/mol. The molecule has 1 heterocycles. The van der Waals surface area contributed by atoms with Gasteiger partial charge in [0, 0.05) is 18.1 Å². The third kappa shape index (κ3) is 3.96. The van der Waals surface area contributed by atoms with Crippen LogP contribution in [0.2, 0.25) is 0 Å². The van der Waals surface area contributed by atoms with Gasteiger partial charge in [-0.25, -0.2) is 4.79 Å². The van der Waals surface area contributed by atoms with Crippen LogP contribution in [0.25, 0.3) is 11.0 Å². The van der Waals surface area contributed by atoms with Gasteiger partial charge in [-0.2, -0.15) is 0 Å². The first-order chi connectivity index (χ1) is 14.6. The molecule has 6 nitrogen and oxygen atoms in total. The zero-order valence-electron chi connectivity index (χ0n) is 17.1. The Hall–Kier alpha value is -3.12. The molecule has 2 aromatic carbocycles. The molecule has 30 heavy (non-hydrogen) atoms. The molecule has 2 atom stereocenters. The monoisotopic (exact) mass is 407 g/mol. The smallest absolute Gasteiger partial charge is 0.375 e. The van der Waals surface area contributed by atoms with Gasteiger partial charge in [-0.15, -0.1) is 0 Å². The van der Waals surface area contributed by atoms with Gasteiger partial charge < -0.3 is 19.2 Å². The fourth-order valence-electron chi connectivity index (χ4n) is 4.01. The highest BCUT2D eigenvalue weighted by Gasteiger charge is 2.28. The number of hydrogen-bond donors (Lipinski definition) is 1. The third-order valence-electron chi connectivity index (χ3n) is 5.51. The Bertz CT molecular complexity index is 1070. The molecule has 4 rings (SSSR count). The third-order valence-corrected chi connectivity index (χ3v) is 5.51. The van der Waals surface area contributed by atoms with Gasteiger partial charge in [0.2, 0.25) is 5.76 Å². The molecule has 0 spiro atoms. The molecule has 1 aliphatic carbocycles. The van der Waals surface area contributed by atoms with Crippen LogP contribution in [0.15, 0.2) is 52.9 Å². The summed E-state index contributed by atoms with van der Waals surface area (Å²) < 4.78 is 16.4. The van der Waals surface area contributed by atoms with Crippen molar-refractivity contribution < 1.29 is 23.5 Å². The number of amides is 1. The summed E-state index contributed by atoms with van der Waals surface area (Å²) >= 11 is 0. The average Bonchev–Trinajstić information content (AvgIpc) is 3.13. The summed E-state index contributed by atoms with van der Waals surface area (Å²) in [6.45, 7) is 1.78. The van der Waals surface area contributed by atoms with Crippen molar-refractivity contribution in [1.82, 2.24) is 5.32 Å². The molecule has 1 aromatic heterocycles. The van der Waals surface area contributed by atoms with E-state index in [1.54, 1.807) is 20.1 Å². The minimum atomic E-state index is -0.949. The highest BCUT2D eigenvalue weighted by molar-refractivity contribution is 5.97. The quantitative estimate of drug-likeness (QED) is 0.616. The number of hydrogen-bond acceptors (Lipinski definition) is 5. The first-order valence-electron chi connectivity index (χ1n) is 10.2. The molecule has 1 N–H and O–H groups in total. The molecule has 0 radical (unpaired) electrons. The molecule has 0 bridgehead atoms. The normalized spacial score (nSPS) is 16.7. The van der Waals surface area contributed by atoms with E-state index in [0.29, 0.717) is 11.1 Å². The van der Waals surface area contributed by atoms with Crippen LogP contribution < -0.4 is 5.32 Å². The number of methoxy groups -OCH3 is 1. The van der Waals surface area contributed by atoms with E-state index in [1.807, 2.05) is 36.4 Å². The van der Waals surface area contributed by atoms with Crippen LogP contribution >= 0.6 is 0 Å². The summed E-state index contributed by atoms with van der Waals surface area (Å²) in [5.74, 6) is -0.930. The lowest BCUT2D eigenvalue weighted by Gasteiger charge is -2.27. The fraction of sp³-hybridized carbons (Fsp3) is 0.333. The molecule has 156 valence electrons. The molecule has 0 saturated heterocycles. The van der Waals surface area contributed by atoms with Crippen LogP contribution in [0.3, 0.4) is 0 Å². The number of para-hydroxylation sites is 1. The van der Waals surface area contributed by atoms with Crippen molar-refractivity contribution in [2.24, 2.45) is 0 Å². The first-order valence-corrected chi connectivity index (χ1v) is 10.2. The lowest BCUT2D eigenvalue weighted by molar-refractivity contribution is -0.130. The van der Waals surface area contributed by atoms with E-state index in [9.17, 15) is 9.59 Å². The number of furan rings is 1. The highest BCUT2D eigenvalue weighted by atomic mass is 16.6. The van der Waals surface area contributed by atoms with E-state index in [-0.39, 0.29) is 24.3 Å². The number of benzene rings is 2. The summed E-state index contributed by atoms with van der Waals surface area (Å²) in [7, 11) is 1.55. The van der Waals surface area contributed by atoms with E-state index in [4.69, 9.17) is 13.9 Å². The second kappa shape index (κ2) is 8.71. The maximum Gasteiger partial charge on any atom is 0.375 e. The Kier molecular flexibility index (Phi) is 5.86. The molecule has 1 aliphatic rings. The van der Waals surface area contributed by atoms with E-state index in [1.165, 1.54) is 5.56 Å². The van der Waals surface area contributed by atoms with Crippen LogP contribution in [-0.4, -0.2) is 25.1 Å². The number of fused-ring (bicyclic) bond motifs is 2. The van der Waals surface area contributed by atoms with Gasteiger partial charge >= 0.3 is 5.97 Å². The number of rotatable bonds is 6. The summed E-state index contributed by atoms with van der Waals surface area (Å²) in [5, 5.41) is 3.82. The molecule has 0 aliphatic heterocycles. The minimum Gasteiger partial charge on any atom is -0.449 e. The molecular formula is C24H25NO5. The van der Waals surface area contributed by atoms with Crippen LogP contribution in [0.1, 0.15) is 53.1 Å². The summed E-state index contributed by atoms with van der Waals surface area (Å²) in [5.41, 5.74) is 3.58. The van der Waals surface area contributed by atoms with Crippen molar-refractivity contribution in [1.29, 1.82) is 0 Å². The Balaban J connectivity index is 1.47. The number of nitrogens with one attached hydrogen (secondary N) is 1. The average molecular weight is 407 g/mol. The number of esters is 1. The Morgan fingerprint density at radius 3 is 2.77 bits per heavy atom. The molecule has 3 aromatic rings. The van der Waals surface area contributed by atoms with Gasteiger partial charge in [0.05, 0.1) is 12.6 Å². The molecule has 1 amide bonds. The van der Waals surface area contributed by atoms with Gasteiger partial charge in [0.15, 0.2) is 6.10 Å². The number of carbonyl (C=O) groups excluding carboxylic acids is 2. The summed E-state index contributed by atoms with van der Waals surface area (Å²) in [4.78, 5) is 25.5. The van der Waals surface area contributed by atoms with E-state index in [2.05, 4.69) is 11.4 Å². The van der Waals surface area contributed by atoms with Crippen molar-refractivity contribution in [3.8, 4) is 0 Å². The summed E-state index contributed by atoms with van der Waals surface area (Å²) in [6.07, 6.45) is 1.94. The van der Waals surface area contributed by atoms with E-state index < -0.39 is 12.1 Å². The molecule has 0 fully saturated rings. The lowest BCUT2D eigenvalue weighted by Crippen LogP contribution is -2.39. The van der Waals surface area contributed by atoms with Crippen molar-refractivity contribution in [3.05, 3.63) is 71.0 Å². The second-order valence-electron chi connectivity index (χ2n) is 7.54. The van der Waals surface area contributed by atoms with E-state index >= 15 is 0 Å². The number of aryl methyl sites for hydroxylation is 1. The predicted molar refractivity (Wildman–Crippen MR) is 112 cm³/mol. The number of carbonyl (C=O) groups is 2. The highest BCUT2D eigenvalue weighted by Crippen LogP contribution is 2.30. The van der Waals surface area contributed by atoms with Crippen LogP contribution in [-0.2, 0) is 27.3 Å². The fourth-order valence-corrected chi connectivity index (χ4v) is 4.01. The maximum atomic E-state index is 12.8. The van der Waals surface area contributed by atoms with Gasteiger partial charge in [-0.3, -0.25) is 4.79 Å². The standard InChI is InChI=1S/C24H25NO5/c1-15(23(26)25-20-12-7-9-16-8-3-4-10-17(16)20)29-24(27)22-19(14-28-2)18-11-5-6-13-21(18)30-22/h3-6,8,10-11,13,15,20H,7,9,12,14H2,1-2H3,(H,25,26)/t15-,20-/m0/s1. The van der Waals surface area contributed by atoms with Gasteiger partial charge in [-0.1, -0.05) is 42.5 Å². The number of ether oxygens (including phenoxy) is 2. The SMILES string of the molecule is COCc1c(C(=O)O[C@@H](C)C(=O)N[C@H]2CCCc3ccccc32)oc2ccccc12.